The quantitative estimate of drug-likeness (QED) is 0.661. The van der Waals surface area contributed by atoms with E-state index in [4.69, 9.17) is 4.74 Å². The van der Waals surface area contributed by atoms with Crippen molar-refractivity contribution in [3.8, 4) is 16.3 Å². The van der Waals surface area contributed by atoms with Gasteiger partial charge in [0.1, 0.15) is 15.8 Å². The molecule has 0 spiro atoms. The summed E-state index contributed by atoms with van der Waals surface area (Å²) in [6.45, 7) is 4.25. The van der Waals surface area contributed by atoms with E-state index in [1.54, 1.807) is 7.11 Å². The van der Waals surface area contributed by atoms with E-state index in [-0.39, 0.29) is 12.3 Å². The van der Waals surface area contributed by atoms with Crippen molar-refractivity contribution in [3.63, 3.8) is 0 Å². The molecule has 1 amide bonds. The molecule has 0 atom stereocenters. The van der Waals surface area contributed by atoms with Gasteiger partial charge in [-0.05, 0) is 30.2 Å². The van der Waals surface area contributed by atoms with Gasteiger partial charge in [0.2, 0.25) is 11.0 Å². The molecule has 0 saturated heterocycles. The number of carbonyl (C=O) groups excluding carboxylic acids is 1. The van der Waals surface area contributed by atoms with Gasteiger partial charge in [0, 0.05) is 17.4 Å². The highest BCUT2D eigenvalue weighted by atomic mass is 32.1. The van der Waals surface area contributed by atoms with Gasteiger partial charge in [-0.15, -0.1) is 21.5 Å². The summed E-state index contributed by atoms with van der Waals surface area (Å²) in [6.07, 6.45) is 1.08. The van der Waals surface area contributed by atoms with Crippen LogP contribution in [-0.4, -0.2) is 28.2 Å². The first kappa shape index (κ1) is 18.5. The van der Waals surface area contributed by atoms with Crippen molar-refractivity contribution in [1.29, 1.82) is 0 Å². The standard InChI is InChI=1S/C18H20N4O2S2/c1-11(2)8-16-21-22-18(26-16)20-15(23)9-13-10-25-17(19-13)12-4-6-14(24-3)7-5-12/h4-7,10-11H,8-9H2,1-3H3,(H,20,22,23). The van der Waals surface area contributed by atoms with E-state index in [2.05, 4.69) is 34.3 Å². The number of rotatable bonds is 7. The minimum absolute atomic E-state index is 0.135. The average molecular weight is 389 g/mol. The fourth-order valence-electron chi connectivity index (χ4n) is 2.32. The number of thiazole rings is 1. The van der Waals surface area contributed by atoms with Crippen LogP contribution in [0.2, 0.25) is 0 Å². The van der Waals surface area contributed by atoms with Crippen LogP contribution >= 0.6 is 22.7 Å². The Labute approximate surface area is 160 Å². The molecule has 0 aliphatic heterocycles. The molecule has 2 heterocycles. The Morgan fingerprint density at radius 1 is 1.23 bits per heavy atom. The van der Waals surface area contributed by atoms with Crippen molar-refractivity contribution < 1.29 is 9.53 Å². The number of carbonyl (C=O) groups is 1. The van der Waals surface area contributed by atoms with Crippen LogP contribution in [0.4, 0.5) is 5.13 Å². The van der Waals surface area contributed by atoms with Gasteiger partial charge in [-0.1, -0.05) is 25.2 Å². The summed E-state index contributed by atoms with van der Waals surface area (Å²) in [7, 11) is 1.64. The van der Waals surface area contributed by atoms with Crippen LogP contribution < -0.4 is 10.1 Å². The highest BCUT2D eigenvalue weighted by Gasteiger charge is 2.12. The minimum Gasteiger partial charge on any atom is -0.497 e. The van der Waals surface area contributed by atoms with Crippen LogP contribution in [0, 0.1) is 5.92 Å². The van der Waals surface area contributed by atoms with Gasteiger partial charge in [0.15, 0.2) is 0 Å². The van der Waals surface area contributed by atoms with E-state index < -0.39 is 0 Å². The summed E-state index contributed by atoms with van der Waals surface area (Å²) in [5.41, 5.74) is 1.75. The van der Waals surface area contributed by atoms with E-state index in [1.165, 1.54) is 22.7 Å². The third-order valence-corrected chi connectivity index (χ3v) is 5.33. The molecule has 136 valence electrons. The SMILES string of the molecule is COc1ccc(-c2nc(CC(=O)Nc3nnc(CC(C)C)s3)cs2)cc1. The Kier molecular flexibility index (Phi) is 5.95. The molecule has 0 aliphatic rings. The number of methoxy groups -OCH3 is 1. The maximum atomic E-state index is 12.2. The van der Waals surface area contributed by atoms with Crippen LogP contribution in [0.1, 0.15) is 24.5 Å². The number of hydrogen-bond donors (Lipinski definition) is 1. The maximum absolute atomic E-state index is 12.2. The Balaban J connectivity index is 1.59. The predicted molar refractivity (Wildman–Crippen MR) is 105 cm³/mol. The highest BCUT2D eigenvalue weighted by molar-refractivity contribution is 7.15. The number of ether oxygens (including phenoxy) is 1. The van der Waals surface area contributed by atoms with Crippen molar-refractivity contribution in [2.45, 2.75) is 26.7 Å². The molecule has 3 aromatic rings. The summed E-state index contributed by atoms with van der Waals surface area (Å²) in [4.78, 5) is 16.8. The highest BCUT2D eigenvalue weighted by Crippen LogP contribution is 2.26. The third-order valence-electron chi connectivity index (χ3n) is 3.53. The number of amides is 1. The zero-order valence-electron chi connectivity index (χ0n) is 14.9. The van der Waals surface area contributed by atoms with Crippen LogP contribution in [0.3, 0.4) is 0 Å². The van der Waals surface area contributed by atoms with Gasteiger partial charge in [-0.3, -0.25) is 4.79 Å². The normalized spacial score (nSPS) is 10.9. The molecule has 1 aromatic carbocycles. The van der Waals surface area contributed by atoms with Gasteiger partial charge in [0.25, 0.3) is 0 Å². The number of aromatic nitrogens is 3. The van der Waals surface area contributed by atoms with Crippen LogP contribution in [-0.2, 0) is 17.6 Å². The van der Waals surface area contributed by atoms with Gasteiger partial charge >= 0.3 is 0 Å². The van der Waals surface area contributed by atoms with Gasteiger partial charge < -0.3 is 10.1 Å². The summed E-state index contributed by atoms with van der Waals surface area (Å²) in [5.74, 6) is 1.18. The lowest BCUT2D eigenvalue weighted by Crippen LogP contribution is -2.14. The number of benzene rings is 1. The molecule has 2 aromatic heterocycles. The number of anilines is 1. The summed E-state index contributed by atoms with van der Waals surface area (Å²) >= 11 is 2.94. The Hall–Kier alpha value is -2.32. The molecule has 1 N–H and O–H groups in total. The molecular weight excluding hydrogens is 368 g/mol. The van der Waals surface area contributed by atoms with E-state index >= 15 is 0 Å². The van der Waals surface area contributed by atoms with Crippen molar-refractivity contribution in [2.24, 2.45) is 5.92 Å². The lowest BCUT2D eigenvalue weighted by Gasteiger charge is -2.00. The molecule has 3 rings (SSSR count). The van der Waals surface area contributed by atoms with Crippen molar-refractivity contribution in [3.05, 3.63) is 40.3 Å². The molecule has 0 unspecified atom stereocenters. The zero-order chi connectivity index (χ0) is 18.5. The Bertz CT molecular complexity index is 871. The lowest BCUT2D eigenvalue weighted by molar-refractivity contribution is -0.115. The number of hydrogen-bond acceptors (Lipinski definition) is 7. The molecule has 0 saturated carbocycles. The number of nitrogens with zero attached hydrogens (tertiary/aromatic N) is 3. The van der Waals surface area contributed by atoms with Crippen molar-refractivity contribution >= 4 is 33.7 Å². The molecule has 0 radical (unpaired) electrons. The van der Waals surface area contributed by atoms with Crippen LogP contribution in [0.25, 0.3) is 10.6 Å². The average Bonchev–Trinajstić information content (AvgIpc) is 3.24. The molecule has 26 heavy (non-hydrogen) atoms. The van der Waals surface area contributed by atoms with Gasteiger partial charge in [-0.2, -0.15) is 0 Å². The van der Waals surface area contributed by atoms with E-state index in [1.807, 2.05) is 29.6 Å². The van der Waals surface area contributed by atoms with Crippen LogP contribution in [0.15, 0.2) is 29.6 Å². The molecule has 6 nitrogen and oxygen atoms in total. The second kappa shape index (κ2) is 8.37. The van der Waals surface area contributed by atoms with Gasteiger partial charge in [0.05, 0.1) is 19.2 Å². The Morgan fingerprint density at radius 3 is 2.69 bits per heavy atom. The fourth-order valence-corrected chi connectivity index (χ4v) is 4.11. The predicted octanol–water partition coefficient (Wildman–Crippen LogP) is 4.05. The van der Waals surface area contributed by atoms with Gasteiger partial charge in [-0.25, -0.2) is 4.98 Å². The monoisotopic (exact) mass is 388 g/mol. The molecule has 0 bridgehead atoms. The third kappa shape index (κ3) is 4.86. The molecular formula is C18H20N4O2S2. The minimum atomic E-state index is -0.135. The lowest BCUT2D eigenvalue weighted by atomic mass is 10.1. The smallest absolute Gasteiger partial charge is 0.232 e. The topological polar surface area (TPSA) is 77.0 Å². The van der Waals surface area contributed by atoms with Crippen molar-refractivity contribution in [1.82, 2.24) is 15.2 Å². The molecule has 0 fully saturated rings. The molecule has 8 heteroatoms. The fraction of sp³-hybridized carbons (Fsp3) is 0.333. The Morgan fingerprint density at radius 2 is 2.00 bits per heavy atom. The van der Waals surface area contributed by atoms with Crippen LogP contribution in [0.5, 0.6) is 5.75 Å². The van der Waals surface area contributed by atoms with E-state index in [9.17, 15) is 4.79 Å². The van der Waals surface area contributed by atoms with E-state index in [0.29, 0.717) is 11.0 Å². The summed E-state index contributed by atoms with van der Waals surface area (Å²) < 4.78 is 5.16. The zero-order valence-corrected chi connectivity index (χ0v) is 16.5. The van der Waals surface area contributed by atoms with E-state index in [0.717, 1.165) is 33.4 Å². The van der Waals surface area contributed by atoms with Crippen molar-refractivity contribution in [2.75, 3.05) is 12.4 Å². The first-order chi connectivity index (χ1) is 12.5. The maximum Gasteiger partial charge on any atom is 0.232 e. The largest absolute Gasteiger partial charge is 0.497 e. The first-order valence-electron chi connectivity index (χ1n) is 8.24. The second-order valence-electron chi connectivity index (χ2n) is 6.20. The number of nitrogens with one attached hydrogen (secondary N) is 1. The summed E-state index contributed by atoms with van der Waals surface area (Å²) in [5, 5.41) is 15.2. The summed E-state index contributed by atoms with van der Waals surface area (Å²) in [6, 6.07) is 7.71. The second-order valence-corrected chi connectivity index (χ2v) is 8.12. The molecule has 0 aliphatic carbocycles. The first-order valence-corrected chi connectivity index (χ1v) is 9.94.